The third-order valence-corrected chi connectivity index (χ3v) is 2.93. The summed E-state index contributed by atoms with van der Waals surface area (Å²) in [7, 11) is 1.65. The van der Waals surface area contributed by atoms with Crippen molar-refractivity contribution < 1.29 is 14.3 Å². The Hall–Kier alpha value is -2.24. The molecule has 0 fully saturated rings. The molecule has 0 amide bonds. The minimum Gasteiger partial charge on any atom is -0.489 e. The third-order valence-electron chi connectivity index (χ3n) is 2.93. The standard InChI is InChI=1S/C18H29N3O3/c1-13-8-7-9-15(10-13)23-14(2)11-20-17(19-6)21-12-16(22)24-18(3,4)5/h7-10,14H,11-12H2,1-6H3,(H2,19,20,21). The Kier molecular flexibility index (Phi) is 7.55. The molecule has 2 N–H and O–H groups in total. The molecule has 6 nitrogen and oxygen atoms in total. The molecular formula is C18H29N3O3. The van der Waals surface area contributed by atoms with Crippen molar-refractivity contribution in [1.82, 2.24) is 10.6 Å². The first kappa shape index (κ1) is 19.8. The molecule has 1 aromatic rings. The van der Waals surface area contributed by atoms with Crippen LogP contribution in [0.15, 0.2) is 29.3 Å². The van der Waals surface area contributed by atoms with Gasteiger partial charge in [-0.2, -0.15) is 0 Å². The predicted molar refractivity (Wildman–Crippen MR) is 96.5 cm³/mol. The summed E-state index contributed by atoms with van der Waals surface area (Å²) in [5.41, 5.74) is 0.661. The molecule has 24 heavy (non-hydrogen) atoms. The number of rotatable bonds is 6. The van der Waals surface area contributed by atoms with Crippen molar-refractivity contribution in [3.05, 3.63) is 29.8 Å². The molecule has 0 spiro atoms. The van der Waals surface area contributed by atoms with Crippen molar-refractivity contribution in [2.24, 2.45) is 4.99 Å². The second kappa shape index (κ2) is 9.15. The normalized spacial score (nSPS) is 13.2. The van der Waals surface area contributed by atoms with E-state index in [-0.39, 0.29) is 18.6 Å². The predicted octanol–water partition coefficient (Wildman–Crippen LogP) is 2.27. The van der Waals surface area contributed by atoms with Crippen LogP contribution in [0.5, 0.6) is 5.75 Å². The highest BCUT2D eigenvalue weighted by atomic mass is 16.6. The fourth-order valence-corrected chi connectivity index (χ4v) is 1.96. The third kappa shape index (κ3) is 8.41. The summed E-state index contributed by atoms with van der Waals surface area (Å²) in [6, 6.07) is 7.91. The van der Waals surface area contributed by atoms with E-state index in [1.54, 1.807) is 7.05 Å². The zero-order chi connectivity index (χ0) is 18.2. The Labute approximate surface area is 144 Å². The smallest absolute Gasteiger partial charge is 0.325 e. The monoisotopic (exact) mass is 335 g/mol. The maximum atomic E-state index is 11.7. The number of ether oxygens (including phenoxy) is 2. The van der Waals surface area contributed by atoms with E-state index in [4.69, 9.17) is 9.47 Å². The van der Waals surface area contributed by atoms with Crippen LogP contribution in [0.2, 0.25) is 0 Å². The number of esters is 1. The van der Waals surface area contributed by atoms with Crippen molar-refractivity contribution in [2.45, 2.75) is 46.3 Å². The molecule has 6 heteroatoms. The molecule has 1 rings (SSSR count). The summed E-state index contributed by atoms with van der Waals surface area (Å²) in [5, 5.41) is 6.06. The van der Waals surface area contributed by atoms with Gasteiger partial charge in [0.15, 0.2) is 5.96 Å². The first-order valence-electron chi connectivity index (χ1n) is 8.09. The SMILES string of the molecule is CN=C(NCC(=O)OC(C)(C)C)NCC(C)Oc1cccc(C)c1. The van der Waals surface area contributed by atoms with Crippen LogP contribution in [-0.4, -0.2) is 43.8 Å². The molecule has 0 bridgehead atoms. The first-order chi connectivity index (χ1) is 11.2. The average Bonchev–Trinajstić information content (AvgIpc) is 2.45. The lowest BCUT2D eigenvalue weighted by Crippen LogP contribution is -2.44. The Morgan fingerprint density at radius 1 is 1.29 bits per heavy atom. The van der Waals surface area contributed by atoms with Crippen LogP contribution in [0.1, 0.15) is 33.3 Å². The second-order valence-corrected chi connectivity index (χ2v) is 6.64. The molecule has 1 aromatic carbocycles. The molecule has 0 radical (unpaired) electrons. The van der Waals surface area contributed by atoms with Crippen molar-refractivity contribution in [3.63, 3.8) is 0 Å². The average molecular weight is 335 g/mol. The van der Waals surface area contributed by atoms with E-state index in [1.807, 2.05) is 58.9 Å². The van der Waals surface area contributed by atoms with Gasteiger partial charge in [0.05, 0.1) is 6.54 Å². The first-order valence-corrected chi connectivity index (χ1v) is 8.09. The maximum Gasteiger partial charge on any atom is 0.325 e. The highest BCUT2D eigenvalue weighted by Gasteiger charge is 2.16. The molecule has 0 aliphatic heterocycles. The number of aryl methyl sites for hydroxylation is 1. The Balaban J connectivity index is 2.37. The van der Waals surface area contributed by atoms with Crippen LogP contribution in [0.3, 0.4) is 0 Å². The van der Waals surface area contributed by atoms with Gasteiger partial charge < -0.3 is 20.1 Å². The van der Waals surface area contributed by atoms with Crippen molar-refractivity contribution in [1.29, 1.82) is 0 Å². The van der Waals surface area contributed by atoms with Gasteiger partial charge in [0.2, 0.25) is 0 Å². The van der Waals surface area contributed by atoms with Crippen LogP contribution in [-0.2, 0) is 9.53 Å². The molecule has 0 saturated carbocycles. The highest BCUT2D eigenvalue weighted by molar-refractivity contribution is 5.84. The van der Waals surface area contributed by atoms with E-state index in [0.29, 0.717) is 12.5 Å². The van der Waals surface area contributed by atoms with Gasteiger partial charge >= 0.3 is 5.97 Å². The van der Waals surface area contributed by atoms with Crippen molar-refractivity contribution in [2.75, 3.05) is 20.1 Å². The van der Waals surface area contributed by atoms with E-state index >= 15 is 0 Å². The summed E-state index contributed by atoms with van der Waals surface area (Å²) in [6.07, 6.45) is -0.0492. The number of hydrogen-bond donors (Lipinski definition) is 2. The summed E-state index contributed by atoms with van der Waals surface area (Å²) < 4.78 is 11.1. The summed E-state index contributed by atoms with van der Waals surface area (Å²) in [5.74, 6) is 1.04. The fraction of sp³-hybridized carbons (Fsp3) is 0.556. The molecular weight excluding hydrogens is 306 g/mol. The van der Waals surface area contributed by atoms with Gasteiger partial charge in [-0.25, -0.2) is 0 Å². The molecule has 0 aliphatic rings. The Bertz CT molecular complexity index is 565. The number of carbonyl (C=O) groups excluding carboxylic acids is 1. The lowest BCUT2D eigenvalue weighted by atomic mass is 10.2. The number of hydrogen-bond acceptors (Lipinski definition) is 4. The van der Waals surface area contributed by atoms with Gasteiger partial charge in [-0.15, -0.1) is 0 Å². The molecule has 134 valence electrons. The van der Waals surface area contributed by atoms with E-state index in [0.717, 1.165) is 11.3 Å². The zero-order valence-electron chi connectivity index (χ0n) is 15.5. The fourth-order valence-electron chi connectivity index (χ4n) is 1.96. The van der Waals surface area contributed by atoms with Gasteiger partial charge in [-0.05, 0) is 52.3 Å². The maximum absolute atomic E-state index is 11.7. The molecule has 0 heterocycles. The van der Waals surface area contributed by atoms with Gasteiger partial charge in [0.1, 0.15) is 24.0 Å². The summed E-state index contributed by atoms with van der Waals surface area (Å²) in [6.45, 7) is 10.1. The number of aliphatic imine (C=N–C) groups is 1. The minimum atomic E-state index is -0.494. The number of guanidine groups is 1. The number of carbonyl (C=O) groups is 1. The van der Waals surface area contributed by atoms with Gasteiger partial charge in [0.25, 0.3) is 0 Å². The topological polar surface area (TPSA) is 72.0 Å². The highest BCUT2D eigenvalue weighted by Crippen LogP contribution is 2.13. The Morgan fingerprint density at radius 3 is 2.58 bits per heavy atom. The Morgan fingerprint density at radius 2 is 2.00 bits per heavy atom. The van der Waals surface area contributed by atoms with Crippen molar-refractivity contribution in [3.8, 4) is 5.75 Å². The molecule has 0 aromatic heterocycles. The lowest BCUT2D eigenvalue weighted by molar-refractivity contribution is -0.153. The quantitative estimate of drug-likeness (QED) is 0.474. The molecule has 1 unspecified atom stereocenters. The zero-order valence-corrected chi connectivity index (χ0v) is 15.5. The van der Waals surface area contributed by atoms with Crippen LogP contribution in [0.25, 0.3) is 0 Å². The van der Waals surface area contributed by atoms with Gasteiger partial charge in [0, 0.05) is 7.05 Å². The lowest BCUT2D eigenvalue weighted by Gasteiger charge is -2.21. The second-order valence-electron chi connectivity index (χ2n) is 6.64. The van der Waals surface area contributed by atoms with Crippen LogP contribution in [0, 0.1) is 6.92 Å². The van der Waals surface area contributed by atoms with Crippen LogP contribution in [0.4, 0.5) is 0 Å². The number of nitrogens with one attached hydrogen (secondary N) is 2. The number of benzene rings is 1. The summed E-state index contributed by atoms with van der Waals surface area (Å²) in [4.78, 5) is 15.8. The summed E-state index contributed by atoms with van der Waals surface area (Å²) >= 11 is 0. The van der Waals surface area contributed by atoms with E-state index in [1.165, 1.54) is 0 Å². The van der Waals surface area contributed by atoms with Crippen LogP contribution >= 0.6 is 0 Å². The van der Waals surface area contributed by atoms with Crippen LogP contribution < -0.4 is 15.4 Å². The van der Waals surface area contributed by atoms with Crippen molar-refractivity contribution >= 4 is 11.9 Å². The molecule has 1 atom stereocenters. The van der Waals surface area contributed by atoms with Gasteiger partial charge in [-0.1, -0.05) is 12.1 Å². The molecule has 0 saturated heterocycles. The van der Waals surface area contributed by atoms with E-state index in [9.17, 15) is 4.79 Å². The largest absolute Gasteiger partial charge is 0.489 e. The number of nitrogens with zero attached hydrogens (tertiary/aromatic N) is 1. The van der Waals surface area contributed by atoms with Gasteiger partial charge in [-0.3, -0.25) is 9.79 Å². The minimum absolute atomic E-state index is 0.0492. The van der Waals surface area contributed by atoms with E-state index < -0.39 is 5.60 Å². The van der Waals surface area contributed by atoms with E-state index in [2.05, 4.69) is 15.6 Å². The molecule has 0 aliphatic carbocycles.